The molecule has 0 aliphatic carbocycles. The number of rotatable bonds is 8. The molecule has 0 heterocycles. The average molecular weight is 467 g/mol. The van der Waals surface area contributed by atoms with Gasteiger partial charge in [0, 0.05) is 16.7 Å². The molecule has 1 N–H and O–H groups in total. The average Bonchev–Trinajstić information content (AvgIpc) is 2.82. The van der Waals surface area contributed by atoms with Crippen LogP contribution < -0.4 is 10.1 Å². The summed E-state index contributed by atoms with van der Waals surface area (Å²) in [5.41, 5.74) is 1.46. The molecule has 0 fully saturated rings. The van der Waals surface area contributed by atoms with Crippen molar-refractivity contribution in [2.24, 2.45) is 0 Å². The molecule has 3 aromatic carbocycles. The van der Waals surface area contributed by atoms with Crippen LogP contribution in [-0.4, -0.2) is 36.8 Å². The fourth-order valence-electron chi connectivity index (χ4n) is 2.95. The summed E-state index contributed by atoms with van der Waals surface area (Å²) in [4.78, 5) is 49.5. The molecule has 0 aliphatic heterocycles. The Balaban J connectivity index is 1.60. The third kappa shape index (κ3) is 6.32. The summed E-state index contributed by atoms with van der Waals surface area (Å²) < 4.78 is 33.5. The van der Waals surface area contributed by atoms with E-state index in [0.29, 0.717) is 5.56 Å². The van der Waals surface area contributed by atoms with Gasteiger partial charge < -0.3 is 9.47 Å². The molecule has 0 bridgehead atoms. The number of ketones is 1. The molecule has 0 radical (unpaired) electrons. The van der Waals surface area contributed by atoms with Crippen LogP contribution >= 0.6 is 0 Å². The van der Waals surface area contributed by atoms with Crippen molar-refractivity contribution in [2.45, 2.75) is 13.5 Å². The summed E-state index contributed by atoms with van der Waals surface area (Å²) in [6.45, 7) is -1.90. The van der Waals surface area contributed by atoms with Gasteiger partial charge in [-0.3, -0.25) is 19.7 Å². The number of imide groups is 1. The first kappa shape index (κ1) is 24.2. The van der Waals surface area contributed by atoms with Crippen LogP contribution in [0.4, 0.5) is 8.78 Å². The molecule has 34 heavy (non-hydrogen) atoms. The van der Waals surface area contributed by atoms with Crippen molar-refractivity contribution < 1.29 is 37.4 Å². The fraction of sp³-hybridized carbons (Fsp3) is 0.120. The van der Waals surface area contributed by atoms with Crippen molar-refractivity contribution in [1.29, 1.82) is 0 Å². The summed E-state index contributed by atoms with van der Waals surface area (Å²) in [6, 6.07) is 17.5. The molecule has 3 aromatic rings. The van der Waals surface area contributed by atoms with Gasteiger partial charge in [-0.2, -0.15) is 8.78 Å². The maximum atomic E-state index is 12.8. The van der Waals surface area contributed by atoms with Crippen molar-refractivity contribution in [3.63, 3.8) is 0 Å². The quantitative estimate of drug-likeness (QED) is 0.398. The number of hydrogen-bond donors (Lipinski definition) is 1. The normalized spacial score (nSPS) is 10.5. The van der Waals surface area contributed by atoms with E-state index in [0.717, 1.165) is 17.7 Å². The van der Waals surface area contributed by atoms with Crippen LogP contribution in [0.3, 0.4) is 0 Å². The second-order valence-electron chi connectivity index (χ2n) is 7.10. The van der Waals surface area contributed by atoms with Gasteiger partial charge in [0.2, 0.25) is 0 Å². The molecular weight excluding hydrogens is 448 g/mol. The molecule has 0 aromatic heterocycles. The van der Waals surface area contributed by atoms with Gasteiger partial charge in [0.15, 0.2) is 12.4 Å². The molecule has 0 aliphatic rings. The van der Waals surface area contributed by atoms with E-state index >= 15 is 0 Å². The lowest BCUT2D eigenvalue weighted by molar-refractivity contribution is -0.123. The molecule has 2 amide bonds. The number of amides is 2. The van der Waals surface area contributed by atoms with E-state index in [1.54, 1.807) is 36.4 Å². The maximum Gasteiger partial charge on any atom is 0.387 e. The zero-order chi connectivity index (χ0) is 24.7. The van der Waals surface area contributed by atoms with Crippen LogP contribution in [0.2, 0.25) is 0 Å². The Hall–Kier alpha value is -4.40. The number of nitrogens with one attached hydrogen (secondary N) is 1. The number of halogens is 2. The molecule has 9 heteroatoms. The number of esters is 1. The number of carbonyl (C=O) groups excluding carboxylic acids is 4. The summed E-state index contributed by atoms with van der Waals surface area (Å²) >= 11 is 0. The van der Waals surface area contributed by atoms with Crippen molar-refractivity contribution in [3.8, 4) is 5.75 Å². The monoisotopic (exact) mass is 467 g/mol. The zero-order valence-corrected chi connectivity index (χ0v) is 17.9. The number of alkyl halides is 2. The topological polar surface area (TPSA) is 98.8 Å². The first-order valence-corrected chi connectivity index (χ1v) is 10.0. The van der Waals surface area contributed by atoms with Crippen molar-refractivity contribution in [3.05, 3.63) is 101 Å². The first-order chi connectivity index (χ1) is 16.2. The lowest BCUT2D eigenvalue weighted by atomic mass is 9.98. The molecule has 174 valence electrons. The van der Waals surface area contributed by atoms with Crippen LogP contribution in [-0.2, 0) is 9.53 Å². The Bertz CT molecular complexity index is 1210. The van der Waals surface area contributed by atoms with Crippen LogP contribution in [0.1, 0.15) is 42.2 Å². The van der Waals surface area contributed by atoms with Gasteiger partial charge in [-0.05, 0) is 37.3 Å². The highest BCUT2D eigenvalue weighted by Gasteiger charge is 2.20. The van der Waals surface area contributed by atoms with E-state index in [2.05, 4.69) is 4.74 Å². The molecular formula is C25H19F2NO6. The number of carbonyl (C=O) groups is 4. The van der Waals surface area contributed by atoms with Gasteiger partial charge in [0.25, 0.3) is 11.8 Å². The summed E-state index contributed by atoms with van der Waals surface area (Å²) in [5.74, 6) is -3.17. The Kier molecular flexibility index (Phi) is 7.81. The minimum atomic E-state index is -3.01. The van der Waals surface area contributed by atoms with E-state index < -0.39 is 31.0 Å². The van der Waals surface area contributed by atoms with Gasteiger partial charge in [-0.15, -0.1) is 0 Å². The third-order valence-corrected chi connectivity index (χ3v) is 4.63. The SMILES string of the molecule is Cc1ccc(C(=O)c2ccccc2C(=O)OCC(=O)NC(=O)c2ccc(OC(F)F)cc2)cc1. The molecule has 0 unspecified atom stereocenters. The number of benzene rings is 3. The predicted octanol–water partition coefficient (Wildman–Crippen LogP) is 3.94. The molecule has 0 saturated heterocycles. The Morgan fingerprint density at radius 3 is 2.03 bits per heavy atom. The van der Waals surface area contributed by atoms with Crippen molar-refractivity contribution >= 4 is 23.6 Å². The fourth-order valence-corrected chi connectivity index (χ4v) is 2.95. The zero-order valence-electron chi connectivity index (χ0n) is 17.9. The lowest BCUT2D eigenvalue weighted by Gasteiger charge is -2.10. The number of ether oxygens (including phenoxy) is 2. The van der Waals surface area contributed by atoms with Gasteiger partial charge in [0.05, 0.1) is 5.56 Å². The highest BCUT2D eigenvalue weighted by atomic mass is 19.3. The van der Waals surface area contributed by atoms with Crippen LogP contribution in [0.5, 0.6) is 5.75 Å². The minimum Gasteiger partial charge on any atom is -0.452 e. The van der Waals surface area contributed by atoms with Gasteiger partial charge >= 0.3 is 12.6 Å². The predicted molar refractivity (Wildman–Crippen MR) is 117 cm³/mol. The smallest absolute Gasteiger partial charge is 0.387 e. The lowest BCUT2D eigenvalue weighted by Crippen LogP contribution is -2.34. The largest absolute Gasteiger partial charge is 0.452 e. The summed E-state index contributed by atoms with van der Waals surface area (Å²) in [7, 11) is 0. The van der Waals surface area contributed by atoms with Crippen molar-refractivity contribution in [2.75, 3.05) is 6.61 Å². The molecule has 0 spiro atoms. The van der Waals surface area contributed by atoms with E-state index in [1.165, 1.54) is 24.3 Å². The minimum absolute atomic E-state index is 0.00957. The molecule has 3 rings (SSSR count). The second kappa shape index (κ2) is 11.0. The standard InChI is InChI=1S/C25H19F2NO6/c1-15-6-8-16(9-7-15)22(30)19-4-2-3-5-20(19)24(32)33-14-21(29)28-23(31)17-10-12-18(13-11-17)34-25(26)27/h2-13,25H,14H2,1H3,(H,28,29,31). The molecule has 0 saturated carbocycles. The Morgan fingerprint density at radius 1 is 0.824 bits per heavy atom. The molecule has 0 atom stereocenters. The summed E-state index contributed by atoms with van der Waals surface area (Å²) in [5, 5.41) is 2.02. The highest BCUT2D eigenvalue weighted by molar-refractivity contribution is 6.14. The first-order valence-electron chi connectivity index (χ1n) is 10.0. The number of hydrogen-bond acceptors (Lipinski definition) is 6. The molecule has 7 nitrogen and oxygen atoms in total. The van der Waals surface area contributed by atoms with E-state index in [9.17, 15) is 28.0 Å². The van der Waals surface area contributed by atoms with Crippen LogP contribution in [0, 0.1) is 6.92 Å². The summed E-state index contributed by atoms with van der Waals surface area (Å²) in [6.07, 6.45) is 0. The maximum absolute atomic E-state index is 12.8. The van der Waals surface area contributed by atoms with E-state index in [1.807, 2.05) is 12.2 Å². The van der Waals surface area contributed by atoms with E-state index in [-0.39, 0.29) is 28.2 Å². The number of aryl methyl sites for hydroxylation is 1. The van der Waals surface area contributed by atoms with Crippen LogP contribution in [0.15, 0.2) is 72.8 Å². The van der Waals surface area contributed by atoms with Gasteiger partial charge in [-0.25, -0.2) is 4.79 Å². The van der Waals surface area contributed by atoms with Crippen LogP contribution in [0.25, 0.3) is 0 Å². The Morgan fingerprint density at radius 2 is 1.41 bits per heavy atom. The third-order valence-electron chi connectivity index (χ3n) is 4.63. The van der Waals surface area contributed by atoms with E-state index in [4.69, 9.17) is 4.74 Å². The second-order valence-corrected chi connectivity index (χ2v) is 7.10. The Labute approximate surface area is 193 Å². The van der Waals surface area contributed by atoms with Crippen molar-refractivity contribution in [1.82, 2.24) is 5.32 Å². The van der Waals surface area contributed by atoms with Gasteiger partial charge in [-0.1, -0.05) is 48.0 Å². The highest BCUT2D eigenvalue weighted by Crippen LogP contribution is 2.17. The van der Waals surface area contributed by atoms with Gasteiger partial charge in [0.1, 0.15) is 5.75 Å².